The first kappa shape index (κ1) is 15.3. The Bertz CT molecular complexity index is 264. The maximum Gasteiger partial charge on any atom is 0.0472 e. The van der Waals surface area contributed by atoms with Crippen LogP contribution in [-0.2, 0) is 4.74 Å². The van der Waals surface area contributed by atoms with Gasteiger partial charge in [0.1, 0.15) is 0 Å². The summed E-state index contributed by atoms with van der Waals surface area (Å²) in [5.41, 5.74) is 1.05. The molecule has 3 nitrogen and oxygen atoms in total. The van der Waals surface area contributed by atoms with Crippen molar-refractivity contribution in [2.75, 3.05) is 46.4 Å². The van der Waals surface area contributed by atoms with E-state index in [1.165, 1.54) is 51.7 Å². The van der Waals surface area contributed by atoms with Crippen LogP contribution in [0.4, 0.5) is 0 Å². The lowest BCUT2D eigenvalue weighted by Gasteiger charge is -2.40. The molecule has 2 saturated heterocycles. The van der Waals surface area contributed by atoms with Gasteiger partial charge < -0.3 is 15.0 Å². The number of nitrogens with one attached hydrogen (secondary N) is 1. The molecule has 0 bridgehead atoms. The minimum atomic E-state index is 0.449. The summed E-state index contributed by atoms with van der Waals surface area (Å²) < 4.78 is 5.57. The molecule has 2 aliphatic rings. The molecule has 2 heterocycles. The van der Waals surface area contributed by atoms with Gasteiger partial charge in [0.05, 0.1) is 0 Å². The Morgan fingerprint density at radius 1 is 1.05 bits per heavy atom. The van der Waals surface area contributed by atoms with Crippen LogP contribution in [0.25, 0.3) is 0 Å². The van der Waals surface area contributed by atoms with E-state index in [0.717, 1.165) is 19.8 Å². The zero-order chi connectivity index (χ0) is 13.8. The number of likely N-dealkylation sites (tertiary alicyclic amines) is 1. The van der Waals surface area contributed by atoms with Crippen molar-refractivity contribution < 1.29 is 4.74 Å². The molecule has 0 saturated carbocycles. The molecule has 112 valence electrons. The highest BCUT2D eigenvalue weighted by Crippen LogP contribution is 2.39. The normalized spacial score (nSPS) is 26.7. The number of nitrogens with zero attached hydrogens (tertiary/aromatic N) is 1. The fourth-order valence-corrected chi connectivity index (χ4v) is 4.03. The van der Waals surface area contributed by atoms with Gasteiger partial charge in [-0.15, -0.1) is 0 Å². The highest BCUT2D eigenvalue weighted by molar-refractivity contribution is 4.93. The summed E-state index contributed by atoms with van der Waals surface area (Å²) in [6, 6.07) is 0. The van der Waals surface area contributed by atoms with Gasteiger partial charge in [-0.2, -0.15) is 0 Å². The predicted octanol–water partition coefficient (Wildman–Crippen LogP) is 2.51. The molecule has 19 heavy (non-hydrogen) atoms. The second-order valence-electron chi connectivity index (χ2n) is 6.81. The minimum Gasteiger partial charge on any atom is -0.381 e. The summed E-state index contributed by atoms with van der Waals surface area (Å²) in [7, 11) is 2.09. The van der Waals surface area contributed by atoms with Crippen LogP contribution in [0, 0.1) is 10.8 Å². The van der Waals surface area contributed by atoms with Crippen LogP contribution in [0.3, 0.4) is 0 Å². The van der Waals surface area contributed by atoms with Crippen molar-refractivity contribution in [3.05, 3.63) is 0 Å². The van der Waals surface area contributed by atoms with Gasteiger partial charge in [0.25, 0.3) is 0 Å². The van der Waals surface area contributed by atoms with Crippen molar-refractivity contribution in [1.82, 2.24) is 10.2 Å². The SMILES string of the molecule is CCC1(CC)CCN(CC2(CNC)CCOCC2)C1. The molecule has 0 unspecified atom stereocenters. The van der Waals surface area contributed by atoms with Gasteiger partial charge in [-0.3, -0.25) is 0 Å². The number of rotatable bonds is 6. The fraction of sp³-hybridized carbons (Fsp3) is 1.00. The minimum absolute atomic E-state index is 0.449. The smallest absolute Gasteiger partial charge is 0.0472 e. The average molecular weight is 268 g/mol. The Kier molecular flexibility index (Phi) is 5.27. The first-order chi connectivity index (χ1) is 9.17. The van der Waals surface area contributed by atoms with E-state index >= 15 is 0 Å². The van der Waals surface area contributed by atoms with Gasteiger partial charge in [0.2, 0.25) is 0 Å². The summed E-state index contributed by atoms with van der Waals surface area (Å²) >= 11 is 0. The monoisotopic (exact) mass is 268 g/mol. The second-order valence-corrected chi connectivity index (χ2v) is 6.81. The molecule has 1 N–H and O–H groups in total. The van der Waals surface area contributed by atoms with Gasteiger partial charge in [-0.25, -0.2) is 0 Å². The molecule has 3 heteroatoms. The maximum absolute atomic E-state index is 5.57. The Balaban J connectivity index is 1.95. The maximum atomic E-state index is 5.57. The summed E-state index contributed by atoms with van der Waals surface area (Å²) in [5, 5.41) is 3.42. The third-order valence-electron chi connectivity index (χ3n) is 5.68. The van der Waals surface area contributed by atoms with Crippen LogP contribution in [-0.4, -0.2) is 51.3 Å². The van der Waals surface area contributed by atoms with Gasteiger partial charge in [-0.05, 0) is 56.5 Å². The van der Waals surface area contributed by atoms with Crippen LogP contribution in [0.15, 0.2) is 0 Å². The quantitative estimate of drug-likeness (QED) is 0.801. The van der Waals surface area contributed by atoms with Crippen LogP contribution < -0.4 is 5.32 Å². The van der Waals surface area contributed by atoms with E-state index in [9.17, 15) is 0 Å². The summed E-state index contributed by atoms with van der Waals surface area (Å²) in [6.45, 7) is 11.6. The molecule has 0 aromatic carbocycles. The number of hydrogen-bond acceptors (Lipinski definition) is 3. The molecule has 0 radical (unpaired) electrons. The standard InChI is InChI=1S/C16H32N2O/c1-4-15(5-2)6-9-18(13-15)14-16(12-17-3)7-10-19-11-8-16/h17H,4-14H2,1-3H3. The Morgan fingerprint density at radius 3 is 2.26 bits per heavy atom. The van der Waals surface area contributed by atoms with Crippen molar-refractivity contribution in [2.45, 2.75) is 46.0 Å². The summed E-state index contributed by atoms with van der Waals surface area (Å²) in [6.07, 6.45) is 6.50. The van der Waals surface area contributed by atoms with Crippen molar-refractivity contribution in [1.29, 1.82) is 0 Å². The topological polar surface area (TPSA) is 24.5 Å². The van der Waals surface area contributed by atoms with E-state index in [2.05, 4.69) is 31.1 Å². The third kappa shape index (κ3) is 3.50. The van der Waals surface area contributed by atoms with Crippen LogP contribution in [0.5, 0.6) is 0 Å². The molecular formula is C16H32N2O. The van der Waals surface area contributed by atoms with E-state index < -0.39 is 0 Å². The zero-order valence-corrected chi connectivity index (χ0v) is 13.1. The highest BCUT2D eigenvalue weighted by Gasteiger charge is 2.40. The lowest BCUT2D eigenvalue weighted by Crippen LogP contribution is -2.46. The Hall–Kier alpha value is -0.120. The van der Waals surface area contributed by atoms with Crippen molar-refractivity contribution >= 4 is 0 Å². The molecule has 2 fully saturated rings. The fourth-order valence-electron chi connectivity index (χ4n) is 4.03. The van der Waals surface area contributed by atoms with Crippen LogP contribution >= 0.6 is 0 Å². The van der Waals surface area contributed by atoms with E-state index in [-0.39, 0.29) is 0 Å². The second kappa shape index (κ2) is 6.55. The predicted molar refractivity (Wildman–Crippen MR) is 80.5 cm³/mol. The molecule has 2 rings (SSSR count). The number of hydrogen-bond donors (Lipinski definition) is 1. The van der Waals surface area contributed by atoms with E-state index in [1.807, 2.05) is 0 Å². The molecular weight excluding hydrogens is 236 g/mol. The van der Waals surface area contributed by atoms with E-state index in [1.54, 1.807) is 0 Å². The highest BCUT2D eigenvalue weighted by atomic mass is 16.5. The summed E-state index contributed by atoms with van der Waals surface area (Å²) in [4.78, 5) is 2.73. The first-order valence-electron chi connectivity index (χ1n) is 8.12. The Morgan fingerprint density at radius 2 is 1.74 bits per heavy atom. The van der Waals surface area contributed by atoms with E-state index in [4.69, 9.17) is 4.74 Å². The molecule has 0 aromatic heterocycles. The average Bonchev–Trinajstić information content (AvgIpc) is 2.84. The largest absolute Gasteiger partial charge is 0.381 e. The van der Waals surface area contributed by atoms with Gasteiger partial charge >= 0.3 is 0 Å². The first-order valence-corrected chi connectivity index (χ1v) is 8.12. The molecule has 0 spiro atoms. The molecule has 0 aliphatic carbocycles. The van der Waals surface area contributed by atoms with Crippen LogP contribution in [0.1, 0.15) is 46.0 Å². The lowest BCUT2D eigenvalue weighted by molar-refractivity contribution is -0.00174. The zero-order valence-electron chi connectivity index (χ0n) is 13.1. The van der Waals surface area contributed by atoms with Gasteiger partial charge in [0, 0.05) is 32.8 Å². The van der Waals surface area contributed by atoms with Gasteiger partial charge in [0.15, 0.2) is 0 Å². The molecule has 0 aromatic rings. The number of ether oxygens (including phenoxy) is 1. The molecule has 0 amide bonds. The Labute approximate surface area is 119 Å². The van der Waals surface area contributed by atoms with Crippen molar-refractivity contribution in [3.8, 4) is 0 Å². The van der Waals surface area contributed by atoms with Crippen molar-refractivity contribution in [3.63, 3.8) is 0 Å². The molecule has 2 aliphatic heterocycles. The lowest BCUT2D eigenvalue weighted by atomic mass is 9.79. The summed E-state index contributed by atoms with van der Waals surface area (Å²) in [5.74, 6) is 0. The van der Waals surface area contributed by atoms with Crippen molar-refractivity contribution in [2.24, 2.45) is 10.8 Å². The third-order valence-corrected chi connectivity index (χ3v) is 5.68. The van der Waals surface area contributed by atoms with Gasteiger partial charge in [-0.1, -0.05) is 13.8 Å². The molecule has 0 atom stereocenters. The van der Waals surface area contributed by atoms with E-state index in [0.29, 0.717) is 10.8 Å². The van der Waals surface area contributed by atoms with Crippen LogP contribution in [0.2, 0.25) is 0 Å².